The van der Waals surface area contributed by atoms with Gasteiger partial charge >= 0.3 is 0 Å². The molecule has 0 aromatic carbocycles. The van der Waals surface area contributed by atoms with Crippen LogP contribution in [0, 0.1) is 12.8 Å². The number of hydrogen-bond donors (Lipinski definition) is 0. The Morgan fingerprint density at radius 3 is 2.55 bits per heavy atom. The Morgan fingerprint density at radius 2 is 1.95 bits per heavy atom. The molecule has 1 fully saturated rings. The van der Waals surface area contributed by atoms with Crippen molar-refractivity contribution in [2.45, 2.75) is 27.2 Å². The molecule has 2 rings (SSSR count). The van der Waals surface area contributed by atoms with E-state index in [0.29, 0.717) is 0 Å². The Balaban J connectivity index is 1.60. The highest BCUT2D eigenvalue weighted by molar-refractivity contribution is 7.09. The van der Waals surface area contributed by atoms with E-state index in [-0.39, 0.29) is 0 Å². The van der Waals surface area contributed by atoms with Crippen molar-refractivity contribution in [2.24, 2.45) is 5.92 Å². The Labute approximate surface area is 126 Å². The molecule has 0 radical (unpaired) electrons. The lowest BCUT2D eigenvalue weighted by molar-refractivity contribution is 0.0942. The lowest BCUT2D eigenvalue weighted by Gasteiger charge is -2.34. The fourth-order valence-corrected chi connectivity index (χ4v) is 2.92. The van der Waals surface area contributed by atoms with Gasteiger partial charge in [0.1, 0.15) is 5.82 Å². The van der Waals surface area contributed by atoms with Crippen molar-refractivity contribution in [1.29, 1.82) is 0 Å². The molecular weight excluding hydrogens is 272 g/mol. The van der Waals surface area contributed by atoms with Crippen LogP contribution in [0.25, 0.3) is 0 Å². The molecule has 0 N–H and O–H groups in total. The third kappa shape index (κ3) is 5.00. The molecule has 0 saturated carbocycles. The lowest BCUT2D eigenvalue weighted by atomic mass is 10.1. The molecule has 1 saturated heterocycles. The molecule has 1 aromatic heterocycles. The summed E-state index contributed by atoms with van der Waals surface area (Å²) in [7, 11) is 0. The molecule has 0 aliphatic carbocycles. The number of aromatic nitrogens is 2. The highest BCUT2D eigenvalue weighted by atomic mass is 32.1. The number of nitrogens with zero attached hydrogens (tertiary/aromatic N) is 4. The molecule has 0 unspecified atom stereocenters. The van der Waals surface area contributed by atoms with Crippen LogP contribution < -0.4 is 4.90 Å². The Kier molecular flexibility index (Phi) is 6.19. The highest BCUT2D eigenvalue weighted by Gasteiger charge is 2.19. The van der Waals surface area contributed by atoms with Gasteiger partial charge in [-0.05, 0) is 19.3 Å². The molecule has 6 heteroatoms. The van der Waals surface area contributed by atoms with Gasteiger partial charge in [-0.3, -0.25) is 4.90 Å². The number of hydrogen-bond acceptors (Lipinski definition) is 6. The first-order valence-corrected chi connectivity index (χ1v) is 8.28. The molecule has 20 heavy (non-hydrogen) atoms. The second-order valence-corrected chi connectivity index (χ2v) is 6.48. The first-order valence-electron chi connectivity index (χ1n) is 7.50. The average Bonchev–Trinajstić information content (AvgIpc) is 2.85. The van der Waals surface area contributed by atoms with Gasteiger partial charge in [-0.1, -0.05) is 13.8 Å². The highest BCUT2D eigenvalue weighted by Crippen LogP contribution is 2.18. The smallest absolute Gasteiger partial charge is 0.205 e. The Morgan fingerprint density at radius 1 is 1.20 bits per heavy atom. The van der Waals surface area contributed by atoms with Crippen molar-refractivity contribution in [3.05, 3.63) is 5.82 Å². The summed E-state index contributed by atoms with van der Waals surface area (Å²) in [4.78, 5) is 9.26. The second-order valence-electron chi connectivity index (χ2n) is 5.75. The van der Waals surface area contributed by atoms with Crippen LogP contribution in [0.15, 0.2) is 0 Å². The number of ether oxygens (including phenoxy) is 1. The van der Waals surface area contributed by atoms with E-state index in [1.807, 2.05) is 6.92 Å². The SMILES string of the molecule is Cc1nsc(N2CCN(CCOCCC(C)C)CC2)n1. The van der Waals surface area contributed by atoms with E-state index in [1.54, 1.807) is 0 Å². The van der Waals surface area contributed by atoms with Crippen molar-refractivity contribution >= 4 is 16.7 Å². The van der Waals surface area contributed by atoms with Crippen LogP contribution in [0.3, 0.4) is 0 Å². The van der Waals surface area contributed by atoms with E-state index in [0.717, 1.165) is 69.2 Å². The van der Waals surface area contributed by atoms with Crippen LogP contribution >= 0.6 is 11.5 Å². The molecule has 1 aliphatic rings. The average molecular weight is 298 g/mol. The zero-order chi connectivity index (χ0) is 14.4. The number of rotatable bonds is 7. The number of piperazine rings is 1. The van der Waals surface area contributed by atoms with Crippen LogP contribution in [-0.2, 0) is 4.74 Å². The summed E-state index contributed by atoms with van der Waals surface area (Å²) >= 11 is 1.51. The standard InChI is InChI=1S/C14H26N4OS/c1-12(2)4-10-19-11-9-17-5-7-18(8-6-17)14-15-13(3)16-20-14/h12H,4-11H2,1-3H3. The van der Waals surface area contributed by atoms with E-state index in [4.69, 9.17) is 4.74 Å². The van der Waals surface area contributed by atoms with Gasteiger partial charge in [-0.15, -0.1) is 0 Å². The summed E-state index contributed by atoms with van der Waals surface area (Å²) in [6, 6.07) is 0. The van der Waals surface area contributed by atoms with Crippen LogP contribution in [0.4, 0.5) is 5.13 Å². The van der Waals surface area contributed by atoms with Crippen molar-refractivity contribution in [3.8, 4) is 0 Å². The lowest BCUT2D eigenvalue weighted by Crippen LogP contribution is -2.47. The molecular formula is C14H26N4OS. The van der Waals surface area contributed by atoms with Crippen LogP contribution in [-0.4, -0.2) is 60.2 Å². The van der Waals surface area contributed by atoms with Gasteiger partial charge in [-0.2, -0.15) is 4.37 Å². The fourth-order valence-electron chi connectivity index (χ4n) is 2.19. The first kappa shape index (κ1) is 15.7. The van der Waals surface area contributed by atoms with Crippen LogP contribution in [0.5, 0.6) is 0 Å². The van der Waals surface area contributed by atoms with Crippen molar-refractivity contribution in [2.75, 3.05) is 50.8 Å². The maximum absolute atomic E-state index is 5.69. The van der Waals surface area contributed by atoms with Crippen LogP contribution in [0.2, 0.25) is 0 Å². The Hall–Kier alpha value is -0.720. The predicted octanol–water partition coefficient (Wildman–Crippen LogP) is 2.03. The largest absolute Gasteiger partial charge is 0.380 e. The van der Waals surface area contributed by atoms with Crippen LogP contribution in [0.1, 0.15) is 26.1 Å². The van der Waals surface area contributed by atoms with Crippen molar-refractivity contribution < 1.29 is 4.74 Å². The molecule has 0 atom stereocenters. The Bertz CT molecular complexity index is 388. The molecule has 0 bridgehead atoms. The zero-order valence-electron chi connectivity index (χ0n) is 12.8. The monoisotopic (exact) mass is 298 g/mol. The maximum Gasteiger partial charge on any atom is 0.205 e. The van der Waals surface area contributed by atoms with Gasteiger partial charge in [0.15, 0.2) is 0 Å². The van der Waals surface area contributed by atoms with Gasteiger partial charge in [-0.25, -0.2) is 4.98 Å². The van der Waals surface area contributed by atoms with E-state index >= 15 is 0 Å². The summed E-state index contributed by atoms with van der Waals surface area (Å²) in [5.41, 5.74) is 0. The van der Waals surface area contributed by atoms with E-state index in [1.165, 1.54) is 11.5 Å². The molecule has 1 aromatic rings. The third-order valence-electron chi connectivity index (χ3n) is 3.55. The summed E-state index contributed by atoms with van der Waals surface area (Å²) in [6.07, 6.45) is 1.16. The normalized spacial score (nSPS) is 17.1. The molecule has 0 amide bonds. The number of aryl methyl sites for hydroxylation is 1. The van der Waals surface area contributed by atoms with E-state index in [2.05, 4.69) is 33.0 Å². The quantitative estimate of drug-likeness (QED) is 0.721. The van der Waals surface area contributed by atoms with Crippen molar-refractivity contribution in [3.63, 3.8) is 0 Å². The first-order chi connectivity index (χ1) is 9.65. The topological polar surface area (TPSA) is 41.5 Å². The van der Waals surface area contributed by atoms with Gasteiger partial charge in [0.25, 0.3) is 0 Å². The van der Waals surface area contributed by atoms with E-state index < -0.39 is 0 Å². The third-order valence-corrected chi connectivity index (χ3v) is 4.42. The molecule has 114 valence electrons. The maximum atomic E-state index is 5.69. The van der Waals surface area contributed by atoms with Crippen molar-refractivity contribution in [1.82, 2.24) is 14.3 Å². The molecule has 5 nitrogen and oxygen atoms in total. The number of anilines is 1. The molecule has 0 spiro atoms. The summed E-state index contributed by atoms with van der Waals surface area (Å²) < 4.78 is 9.94. The van der Waals surface area contributed by atoms with Gasteiger partial charge in [0.2, 0.25) is 5.13 Å². The summed E-state index contributed by atoms with van der Waals surface area (Å²) in [5.74, 6) is 1.61. The van der Waals surface area contributed by atoms with Gasteiger partial charge in [0.05, 0.1) is 6.61 Å². The predicted molar refractivity (Wildman–Crippen MR) is 83.6 cm³/mol. The zero-order valence-corrected chi connectivity index (χ0v) is 13.7. The summed E-state index contributed by atoms with van der Waals surface area (Å²) in [5, 5.41) is 1.07. The fraction of sp³-hybridized carbons (Fsp3) is 0.857. The molecule has 1 aliphatic heterocycles. The van der Waals surface area contributed by atoms with E-state index in [9.17, 15) is 0 Å². The minimum Gasteiger partial charge on any atom is -0.380 e. The minimum absolute atomic E-state index is 0.730. The molecule has 2 heterocycles. The van der Waals surface area contributed by atoms with Gasteiger partial charge in [0, 0.05) is 50.9 Å². The second kappa shape index (κ2) is 7.90. The van der Waals surface area contributed by atoms with Gasteiger partial charge < -0.3 is 9.64 Å². The summed E-state index contributed by atoms with van der Waals surface area (Å²) in [6.45, 7) is 13.5. The minimum atomic E-state index is 0.730.